The molecule has 0 saturated carbocycles. The minimum absolute atomic E-state index is 0.193. The predicted octanol–water partition coefficient (Wildman–Crippen LogP) is 3.38. The number of nitrogens with zero attached hydrogens (tertiary/aromatic N) is 1. The van der Waals surface area contributed by atoms with E-state index in [1.165, 1.54) is 11.8 Å². The van der Waals surface area contributed by atoms with Crippen LogP contribution in [-0.4, -0.2) is 15.2 Å². The van der Waals surface area contributed by atoms with E-state index < -0.39 is 0 Å². The van der Waals surface area contributed by atoms with Crippen LogP contribution >= 0.6 is 35.6 Å². The second kappa shape index (κ2) is 4.92. The number of pyridine rings is 1. The molecule has 0 bridgehead atoms. The molecule has 1 saturated heterocycles. The molecular weight excluding hydrogens is 300 g/mol. The molecule has 1 aliphatic rings. The third-order valence-electron chi connectivity index (χ3n) is 2.61. The first kappa shape index (κ1) is 12.6. The smallest absolute Gasteiger partial charge is 0.263 e. The molecule has 1 aliphatic heterocycles. The van der Waals surface area contributed by atoms with Gasteiger partial charge in [0.05, 0.1) is 21.1 Å². The predicted molar refractivity (Wildman–Crippen MR) is 83.1 cm³/mol. The molecule has 6 heteroatoms. The lowest BCUT2D eigenvalue weighted by Gasteiger charge is -2.02. The summed E-state index contributed by atoms with van der Waals surface area (Å²) in [6.45, 7) is 0. The first-order valence-corrected chi connectivity index (χ1v) is 7.04. The molecule has 3 nitrogen and oxygen atoms in total. The minimum Gasteiger partial charge on any atom is -0.307 e. The van der Waals surface area contributed by atoms with Crippen LogP contribution in [-0.2, 0) is 4.79 Å². The van der Waals surface area contributed by atoms with Gasteiger partial charge in [-0.25, -0.2) is 4.98 Å². The van der Waals surface area contributed by atoms with Crippen molar-refractivity contribution in [2.24, 2.45) is 0 Å². The Labute approximate surface area is 124 Å². The Hall–Kier alpha value is -1.43. The Morgan fingerprint density at radius 2 is 2.16 bits per heavy atom. The lowest BCUT2D eigenvalue weighted by Crippen LogP contribution is -2.17. The fourth-order valence-corrected chi connectivity index (χ4v) is 3.08. The number of para-hydroxylation sites is 1. The van der Waals surface area contributed by atoms with E-state index in [1.807, 2.05) is 24.3 Å². The van der Waals surface area contributed by atoms with Crippen molar-refractivity contribution in [3.05, 3.63) is 46.0 Å². The molecule has 1 aromatic carbocycles. The van der Waals surface area contributed by atoms with Gasteiger partial charge in [-0.05, 0) is 18.2 Å². The van der Waals surface area contributed by atoms with Gasteiger partial charge in [-0.15, -0.1) is 0 Å². The maximum Gasteiger partial charge on any atom is 0.263 e. The highest BCUT2D eigenvalue weighted by molar-refractivity contribution is 8.26. The number of fused-ring (bicyclic) bond motifs is 1. The zero-order valence-electron chi connectivity index (χ0n) is 9.51. The van der Waals surface area contributed by atoms with Crippen molar-refractivity contribution in [3.8, 4) is 0 Å². The van der Waals surface area contributed by atoms with E-state index in [9.17, 15) is 4.79 Å². The van der Waals surface area contributed by atoms with E-state index in [-0.39, 0.29) is 5.91 Å². The third kappa shape index (κ3) is 2.49. The molecule has 1 amide bonds. The van der Waals surface area contributed by atoms with E-state index in [0.717, 1.165) is 10.9 Å². The Balaban J connectivity index is 2.09. The van der Waals surface area contributed by atoms with E-state index in [0.29, 0.717) is 19.9 Å². The molecule has 19 heavy (non-hydrogen) atoms. The molecule has 2 aromatic rings. The van der Waals surface area contributed by atoms with Gasteiger partial charge in [0.2, 0.25) is 0 Å². The average molecular weight is 307 g/mol. The van der Waals surface area contributed by atoms with Crippen molar-refractivity contribution in [3.63, 3.8) is 0 Å². The Kier molecular flexibility index (Phi) is 3.26. The molecule has 94 valence electrons. The second-order valence-electron chi connectivity index (χ2n) is 3.90. The van der Waals surface area contributed by atoms with Gasteiger partial charge >= 0.3 is 0 Å². The van der Waals surface area contributed by atoms with Crippen LogP contribution in [0.3, 0.4) is 0 Å². The number of carbonyl (C=O) groups excluding carboxylic acids is 1. The van der Waals surface area contributed by atoms with Crippen LogP contribution in [0.25, 0.3) is 17.0 Å². The van der Waals surface area contributed by atoms with Gasteiger partial charge < -0.3 is 5.32 Å². The van der Waals surface area contributed by atoms with Crippen LogP contribution in [0.4, 0.5) is 0 Å². The first-order valence-electron chi connectivity index (χ1n) is 5.43. The van der Waals surface area contributed by atoms with Crippen molar-refractivity contribution >= 4 is 62.8 Å². The Bertz CT molecular complexity index is 743. The molecule has 3 rings (SSSR count). The van der Waals surface area contributed by atoms with Crippen molar-refractivity contribution in [2.75, 3.05) is 0 Å². The molecule has 0 aliphatic carbocycles. The largest absolute Gasteiger partial charge is 0.307 e. The fraction of sp³-hybridized carbons (Fsp3) is 0. The summed E-state index contributed by atoms with van der Waals surface area (Å²) < 4.78 is 0.461. The van der Waals surface area contributed by atoms with Crippen molar-refractivity contribution < 1.29 is 4.79 Å². The number of halogens is 1. The van der Waals surface area contributed by atoms with Crippen molar-refractivity contribution in [1.82, 2.24) is 10.3 Å². The van der Waals surface area contributed by atoms with Gasteiger partial charge in [0.25, 0.3) is 5.91 Å². The number of rotatable bonds is 1. The Morgan fingerprint density at radius 1 is 1.37 bits per heavy atom. The summed E-state index contributed by atoms with van der Waals surface area (Å²) in [5.41, 5.74) is 1.44. The summed E-state index contributed by atoms with van der Waals surface area (Å²) in [5.74, 6) is -0.193. The third-order valence-corrected chi connectivity index (χ3v) is 4.08. The quantitative estimate of drug-likeness (QED) is 0.648. The van der Waals surface area contributed by atoms with Crippen molar-refractivity contribution in [1.29, 1.82) is 0 Å². The SMILES string of the molecule is O=C1NC(=S)SC1=Cc1cc(Cl)c2ccccc2n1. The zero-order chi connectivity index (χ0) is 13.4. The molecule has 1 aromatic heterocycles. The highest BCUT2D eigenvalue weighted by Crippen LogP contribution is 2.28. The van der Waals surface area contributed by atoms with Gasteiger partial charge in [0, 0.05) is 5.39 Å². The summed E-state index contributed by atoms with van der Waals surface area (Å²) in [7, 11) is 0. The first-order chi connectivity index (χ1) is 9.13. The lowest BCUT2D eigenvalue weighted by atomic mass is 10.2. The van der Waals surface area contributed by atoms with E-state index >= 15 is 0 Å². The van der Waals surface area contributed by atoms with E-state index in [4.69, 9.17) is 23.8 Å². The van der Waals surface area contributed by atoms with Crippen molar-refractivity contribution in [2.45, 2.75) is 0 Å². The number of thioether (sulfide) groups is 1. The monoisotopic (exact) mass is 306 g/mol. The molecule has 0 atom stereocenters. The molecule has 0 unspecified atom stereocenters. The highest BCUT2D eigenvalue weighted by Gasteiger charge is 2.22. The molecule has 1 fully saturated rings. The summed E-state index contributed by atoms with van der Waals surface area (Å²) in [6.07, 6.45) is 1.69. The minimum atomic E-state index is -0.193. The number of carbonyl (C=O) groups is 1. The van der Waals surface area contributed by atoms with Crippen LogP contribution in [0, 0.1) is 0 Å². The molecule has 0 spiro atoms. The van der Waals surface area contributed by atoms with Gasteiger partial charge in [0.15, 0.2) is 0 Å². The van der Waals surface area contributed by atoms with Gasteiger partial charge in [0.1, 0.15) is 4.32 Å². The topological polar surface area (TPSA) is 42.0 Å². The van der Waals surface area contributed by atoms with Crippen LogP contribution in [0.1, 0.15) is 5.69 Å². The lowest BCUT2D eigenvalue weighted by molar-refractivity contribution is -0.115. The van der Waals surface area contributed by atoms with Gasteiger partial charge in [-0.1, -0.05) is 53.8 Å². The molecular formula is C13H7ClN2OS2. The summed E-state index contributed by atoms with van der Waals surface area (Å²) in [4.78, 5) is 16.6. The average Bonchev–Trinajstić information content (AvgIpc) is 2.68. The van der Waals surface area contributed by atoms with Crippen LogP contribution in [0.15, 0.2) is 35.2 Å². The number of hydrogen-bond donors (Lipinski definition) is 1. The standard InChI is InChI=1S/C13H7ClN2OS2/c14-9-5-7(6-11-12(17)16-13(18)19-11)15-10-4-2-1-3-8(9)10/h1-6H,(H,16,17,18). The van der Waals surface area contributed by atoms with Crippen LogP contribution < -0.4 is 5.32 Å². The van der Waals surface area contributed by atoms with E-state index in [2.05, 4.69) is 10.3 Å². The fourth-order valence-electron chi connectivity index (χ4n) is 1.78. The van der Waals surface area contributed by atoms with Crippen LogP contribution in [0.5, 0.6) is 0 Å². The maximum absolute atomic E-state index is 11.6. The maximum atomic E-state index is 11.6. The summed E-state index contributed by atoms with van der Waals surface area (Å²) in [6, 6.07) is 9.34. The van der Waals surface area contributed by atoms with Crippen LogP contribution in [0.2, 0.25) is 5.02 Å². The normalized spacial score (nSPS) is 17.2. The number of benzene rings is 1. The number of thiocarbonyl (C=S) groups is 1. The Morgan fingerprint density at radius 3 is 2.89 bits per heavy atom. The van der Waals surface area contributed by atoms with E-state index in [1.54, 1.807) is 12.1 Å². The highest BCUT2D eigenvalue weighted by atomic mass is 35.5. The summed E-state index contributed by atoms with van der Waals surface area (Å²) in [5, 5.41) is 4.07. The summed E-state index contributed by atoms with van der Waals surface area (Å²) >= 11 is 12.4. The second-order valence-corrected chi connectivity index (χ2v) is 6.02. The van der Waals surface area contributed by atoms with Gasteiger partial charge in [-0.2, -0.15) is 0 Å². The molecule has 2 heterocycles. The molecule has 0 radical (unpaired) electrons. The number of amides is 1. The number of nitrogens with one attached hydrogen (secondary N) is 1. The van der Waals surface area contributed by atoms with Gasteiger partial charge in [-0.3, -0.25) is 4.79 Å². The number of hydrogen-bond acceptors (Lipinski definition) is 4. The number of aromatic nitrogens is 1. The molecule has 1 N–H and O–H groups in total. The zero-order valence-corrected chi connectivity index (χ0v) is 11.9.